The zero-order valence-electron chi connectivity index (χ0n) is 9.90. The van der Waals surface area contributed by atoms with Gasteiger partial charge < -0.3 is 10.0 Å². The Labute approximate surface area is 95.6 Å². The number of likely N-dealkylation sites (tertiary alicyclic amines) is 1. The molecule has 2 atom stereocenters. The molecule has 0 spiro atoms. The Kier molecular flexibility index (Phi) is 2.68. The Hall–Kier alpha value is -1.06. The van der Waals surface area contributed by atoms with E-state index in [-0.39, 0.29) is 11.9 Å². The van der Waals surface area contributed by atoms with Gasteiger partial charge in [0.05, 0.1) is 0 Å². The molecule has 90 valence electrons. The minimum absolute atomic E-state index is 0.150. The lowest BCUT2D eigenvalue weighted by molar-refractivity contribution is -0.167. The number of aliphatic carboxylic acids is 1. The van der Waals surface area contributed by atoms with E-state index in [0.29, 0.717) is 18.8 Å². The lowest BCUT2D eigenvalue weighted by atomic mass is 9.67. The van der Waals surface area contributed by atoms with Crippen LogP contribution in [0, 0.1) is 11.3 Å². The Morgan fingerprint density at radius 2 is 1.94 bits per heavy atom. The van der Waals surface area contributed by atoms with Gasteiger partial charge in [0.2, 0.25) is 5.91 Å². The number of amides is 1. The van der Waals surface area contributed by atoms with Gasteiger partial charge in [-0.25, -0.2) is 0 Å². The van der Waals surface area contributed by atoms with Crippen LogP contribution in [0.15, 0.2) is 0 Å². The van der Waals surface area contributed by atoms with Gasteiger partial charge >= 0.3 is 5.97 Å². The van der Waals surface area contributed by atoms with Crippen LogP contribution >= 0.6 is 0 Å². The Morgan fingerprint density at radius 1 is 1.31 bits per heavy atom. The van der Waals surface area contributed by atoms with E-state index in [2.05, 4.69) is 6.92 Å². The highest BCUT2D eigenvalue weighted by atomic mass is 16.4. The molecule has 2 unspecified atom stereocenters. The van der Waals surface area contributed by atoms with E-state index >= 15 is 0 Å². The fourth-order valence-corrected chi connectivity index (χ4v) is 2.91. The van der Waals surface area contributed by atoms with Crippen molar-refractivity contribution in [3.8, 4) is 0 Å². The Morgan fingerprint density at radius 3 is 2.25 bits per heavy atom. The van der Waals surface area contributed by atoms with Gasteiger partial charge in [0.25, 0.3) is 0 Å². The van der Waals surface area contributed by atoms with E-state index in [0.717, 1.165) is 19.4 Å². The Bertz CT molecular complexity index is 322. The van der Waals surface area contributed by atoms with Crippen molar-refractivity contribution in [3.63, 3.8) is 0 Å². The monoisotopic (exact) mass is 225 g/mol. The van der Waals surface area contributed by atoms with Crippen molar-refractivity contribution < 1.29 is 14.7 Å². The highest BCUT2D eigenvalue weighted by molar-refractivity contribution is 6.03. The highest BCUT2D eigenvalue weighted by Gasteiger charge is 2.54. The molecule has 1 heterocycles. The molecule has 1 aliphatic heterocycles. The first-order chi connectivity index (χ1) is 7.47. The normalized spacial score (nSPS) is 32.2. The average Bonchev–Trinajstić information content (AvgIpc) is 2.42. The molecule has 4 nitrogen and oxygen atoms in total. The molecule has 2 aliphatic rings. The maximum Gasteiger partial charge on any atom is 0.319 e. The summed E-state index contributed by atoms with van der Waals surface area (Å²) in [6.07, 6.45) is 2.87. The number of hydrogen-bond donors (Lipinski definition) is 1. The van der Waals surface area contributed by atoms with Gasteiger partial charge in [-0.3, -0.25) is 9.59 Å². The van der Waals surface area contributed by atoms with Crippen molar-refractivity contribution >= 4 is 11.9 Å². The number of carboxylic acid groups (broad SMARTS) is 1. The number of rotatable bonds is 2. The summed E-state index contributed by atoms with van der Waals surface area (Å²) in [4.78, 5) is 25.3. The molecule has 0 bridgehead atoms. The zero-order chi connectivity index (χ0) is 11.9. The molecule has 1 saturated carbocycles. The molecular formula is C12H19NO3. The first-order valence-corrected chi connectivity index (χ1v) is 6.02. The standard InChI is InChI=1S/C12H19NO3/c1-8-6-9(2)13(7-8)10(14)12(11(15)16)4-3-5-12/h8-9H,3-7H2,1-2H3,(H,15,16). The number of carbonyl (C=O) groups is 2. The van der Waals surface area contributed by atoms with Gasteiger partial charge in [-0.05, 0) is 32.1 Å². The van der Waals surface area contributed by atoms with Crippen LogP contribution in [0.25, 0.3) is 0 Å². The van der Waals surface area contributed by atoms with Crippen LogP contribution in [0.5, 0.6) is 0 Å². The van der Waals surface area contributed by atoms with Gasteiger partial charge in [0.15, 0.2) is 0 Å². The van der Waals surface area contributed by atoms with Crippen molar-refractivity contribution in [2.45, 2.75) is 45.6 Å². The van der Waals surface area contributed by atoms with E-state index in [1.807, 2.05) is 6.92 Å². The maximum atomic E-state index is 12.3. The molecule has 16 heavy (non-hydrogen) atoms. The predicted octanol–water partition coefficient (Wildman–Crippen LogP) is 1.50. The third-order valence-corrected chi connectivity index (χ3v) is 4.07. The third kappa shape index (κ3) is 1.51. The van der Waals surface area contributed by atoms with Crippen LogP contribution in [0.3, 0.4) is 0 Å². The lowest BCUT2D eigenvalue weighted by Crippen LogP contribution is -2.53. The molecule has 1 N–H and O–H groups in total. The van der Waals surface area contributed by atoms with Crippen molar-refractivity contribution in [2.24, 2.45) is 11.3 Å². The van der Waals surface area contributed by atoms with Crippen molar-refractivity contribution in [3.05, 3.63) is 0 Å². The smallest absolute Gasteiger partial charge is 0.319 e. The summed E-state index contributed by atoms with van der Waals surface area (Å²) in [5, 5.41) is 9.22. The summed E-state index contributed by atoms with van der Waals surface area (Å²) in [5.41, 5.74) is -1.08. The SMILES string of the molecule is CC1CC(C)N(C(=O)C2(C(=O)O)CCC2)C1. The summed E-state index contributed by atoms with van der Waals surface area (Å²) in [6.45, 7) is 4.84. The van der Waals surface area contributed by atoms with E-state index < -0.39 is 11.4 Å². The fourth-order valence-electron chi connectivity index (χ4n) is 2.91. The molecular weight excluding hydrogens is 206 g/mol. The van der Waals surface area contributed by atoms with Crippen molar-refractivity contribution in [2.75, 3.05) is 6.54 Å². The summed E-state index contributed by atoms with van der Waals surface area (Å²) in [7, 11) is 0. The number of hydrogen-bond acceptors (Lipinski definition) is 2. The molecule has 0 aromatic rings. The zero-order valence-corrected chi connectivity index (χ0v) is 9.90. The quantitative estimate of drug-likeness (QED) is 0.724. The maximum absolute atomic E-state index is 12.3. The second-order valence-electron chi connectivity index (χ2n) is 5.39. The minimum Gasteiger partial charge on any atom is -0.480 e. The minimum atomic E-state index is -1.08. The van der Waals surface area contributed by atoms with Gasteiger partial charge in [-0.15, -0.1) is 0 Å². The highest BCUT2D eigenvalue weighted by Crippen LogP contribution is 2.44. The summed E-state index contributed by atoms with van der Waals surface area (Å²) in [5.74, 6) is -0.594. The molecule has 1 aliphatic carbocycles. The predicted molar refractivity (Wildman–Crippen MR) is 58.9 cm³/mol. The second-order valence-corrected chi connectivity index (χ2v) is 5.39. The molecule has 0 aromatic carbocycles. The molecule has 0 radical (unpaired) electrons. The molecule has 1 saturated heterocycles. The van der Waals surface area contributed by atoms with E-state index in [4.69, 9.17) is 0 Å². The molecule has 2 fully saturated rings. The lowest BCUT2D eigenvalue weighted by Gasteiger charge is -2.40. The number of carbonyl (C=O) groups excluding carboxylic acids is 1. The Balaban J connectivity index is 2.15. The number of carboxylic acids is 1. The van der Waals surface area contributed by atoms with Crippen molar-refractivity contribution in [1.82, 2.24) is 4.90 Å². The third-order valence-electron chi connectivity index (χ3n) is 4.07. The molecule has 1 amide bonds. The number of nitrogens with zero attached hydrogens (tertiary/aromatic N) is 1. The average molecular weight is 225 g/mol. The molecule has 0 aromatic heterocycles. The van der Waals surface area contributed by atoms with Crippen molar-refractivity contribution in [1.29, 1.82) is 0 Å². The summed E-state index contributed by atoms with van der Waals surface area (Å²) in [6, 6.07) is 0.194. The first-order valence-electron chi connectivity index (χ1n) is 6.02. The van der Waals surface area contributed by atoms with Gasteiger partial charge in [-0.2, -0.15) is 0 Å². The summed E-state index contributed by atoms with van der Waals surface area (Å²) < 4.78 is 0. The van der Waals surface area contributed by atoms with E-state index in [9.17, 15) is 14.7 Å². The largest absolute Gasteiger partial charge is 0.480 e. The topological polar surface area (TPSA) is 57.6 Å². The van der Waals surface area contributed by atoms with Crippen LogP contribution in [-0.4, -0.2) is 34.5 Å². The van der Waals surface area contributed by atoms with Crippen LogP contribution < -0.4 is 0 Å². The van der Waals surface area contributed by atoms with E-state index in [1.165, 1.54) is 0 Å². The molecule has 4 heteroatoms. The molecule has 2 rings (SSSR count). The first kappa shape index (κ1) is 11.4. The van der Waals surface area contributed by atoms with Crippen LogP contribution in [0.1, 0.15) is 39.5 Å². The van der Waals surface area contributed by atoms with Gasteiger partial charge in [0.1, 0.15) is 5.41 Å². The van der Waals surface area contributed by atoms with Gasteiger partial charge in [0, 0.05) is 12.6 Å². The van der Waals surface area contributed by atoms with Gasteiger partial charge in [-0.1, -0.05) is 13.3 Å². The van der Waals surface area contributed by atoms with Crippen LogP contribution in [0.2, 0.25) is 0 Å². The van der Waals surface area contributed by atoms with E-state index in [1.54, 1.807) is 4.90 Å². The fraction of sp³-hybridized carbons (Fsp3) is 0.833. The van der Waals surface area contributed by atoms with Crippen LogP contribution in [0.4, 0.5) is 0 Å². The van der Waals surface area contributed by atoms with Crippen LogP contribution in [-0.2, 0) is 9.59 Å². The second kappa shape index (κ2) is 3.75. The summed E-state index contributed by atoms with van der Waals surface area (Å²) >= 11 is 0.